The van der Waals surface area contributed by atoms with E-state index in [9.17, 15) is 19.5 Å². The summed E-state index contributed by atoms with van der Waals surface area (Å²) in [6.07, 6.45) is 34.1. The lowest BCUT2D eigenvalue weighted by molar-refractivity contribution is -0.150. The molecular formula is C41H74O7. The van der Waals surface area contributed by atoms with Crippen molar-refractivity contribution < 1.29 is 33.7 Å². The van der Waals surface area contributed by atoms with Gasteiger partial charge in [0.1, 0.15) is 0 Å². The predicted molar refractivity (Wildman–Crippen MR) is 198 cm³/mol. The maximum Gasteiger partial charge on any atom is 0.305 e. The summed E-state index contributed by atoms with van der Waals surface area (Å²) in [5.74, 6) is -0.724. The van der Waals surface area contributed by atoms with E-state index in [2.05, 4.69) is 45.1 Å². The fourth-order valence-electron chi connectivity index (χ4n) is 5.46. The van der Waals surface area contributed by atoms with Gasteiger partial charge in [-0.25, -0.2) is 0 Å². The number of allylic oxidation sites excluding steroid dienone is 4. The number of esters is 3. The lowest BCUT2D eigenvalue weighted by Gasteiger charge is -2.17. The molecule has 0 aliphatic carbocycles. The second kappa shape index (κ2) is 36.1. The minimum absolute atomic E-state index is 0.0241. The van der Waals surface area contributed by atoms with Crippen LogP contribution in [0.5, 0.6) is 0 Å². The maximum atomic E-state index is 12.2. The number of aliphatic hydroxyl groups is 1. The van der Waals surface area contributed by atoms with Gasteiger partial charge in [0.25, 0.3) is 0 Å². The molecular weight excluding hydrogens is 604 g/mol. The van der Waals surface area contributed by atoms with Gasteiger partial charge in [-0.1, -0.05) is 122 Å². The van der Waals surface area contributed by atoms with Crippen LogP contribution in [0.2, 0.25) is 0 Å². The molecule has 0 aliphatic rings. The third kappa shape index (κ3) is 32.4. The van der Waals surface area contributed by atoms with Crippen molar-refractivity contribution in [3.63, 3.8) is 0 Å². The summed E-state index contributed by atoms with van der Waals surface area (Å²) in [7, 11) is 0. The van der Waals surface area contributed by atoms with Crippen molar-refractivity contribution in [2.75, 3.05) is 26.4 Å². The van der Waals surface area contributed by atoms with E-state index in [4.69, 9.17) is 14.2 Å². The summed E-state index contributed by atoms with van der Waals surface area (Å²) in [4.78, 5) is 36.5. The van der Waals surface area contributed by atoms with E-state index >= 15 is 0 Å². The van der Waals surface area contributed by atoms with Crippen LogP contribution >= 0.6 is 0 Å². The Hall–Kier alpha value is -2.15. The van der Waals surface area contributed by atoms with E-state index < -0.39 is 5.92 Å². The van der Waals surface area contributed by atoms with Crippen molar-refractivity contribution in [3.05, 3.63) is 24.3 Å². The molecule has 2 unspecified atom stereocenters. The standard InChI is InChI=1S/C41H74O7/c1-4-7-10-12-13-14-15-16-17-18-19-20-21-22-25-30-40(44)47-35-38(33-42)36-48-41(45)32-27-23-26-31-39(43)46-34-37(28-9-6-3)29-24-11-8-5-2/h13-14,16-17,37-38,42H,4-12,15,18-36H2,1-3H3/b14-13-,17-16-. The topological polar surface area (TPSA) is 99.1 Å². The first kappa shape index (κ1) is 45.9. The average molecular weight is 679 g/mol. The summed E-state index contributed by atoms with van der Waals surface area (Å²) in [5, 5.41) is 9.62. The van der Waals surface area contributed by atoms with Crippen LogP contribution in [0.3, 0.4) is 0 Å². The molecule has 0 aromatic carbocycles. The molecule has 0 saturated carbocycles. The van der Waals surface area contributed by atoms with E-state index in [0.717, 1.165) is 64.2 Å². The van der Waals surface area contributed by atoms with Crippen LogP contribution < -0.4 is 0 Å². The van der Waals surface area contributed by atoms with Crippen molar-refractivity contribution in [1.82, 2.24) is 0 Å². The monoisotopic (exact) mass is 679 g/mol. The molecule has 0 spiro atoms. The molecule has 0 radical (unpaired) electrons. The van der Waals surface area contributed by atoms with Crippen LogP contribution in [0.1, 0.15) is 181 Å². The number of rotatable bonds is 35. The number of hydrogen-bond donors (Lipinski definition) is 1. The summed E-state index contributed by atoms with van der Waals surface area (Å²) < 4.78 is 16.2. The second-order valence-corrected chi connectivity index (χ2v) is 13.5. The summed E-state index contributed by atoms with van der Waals surface area (Å²) in [5.41, 5.74) is 0. The van der Waals surface area contributed by atoms with Gasteiger partial charge in [-0.3, -0.25) is 14.4 Å². The largest absolute Gasteiger partial charge is 0.465 e. The predicted octanol–water partition coefficient (Wildman–Crippen LogP) is 10.8. The van der Waals surface area contributed by atoms with Crippen LogP contribution in [0.4, 0.5) is 0 Å². The van der Waals surface area contributed by atoms with E-state index in [-0.39, 0.29) is 44.1 Å². The number of carbonyl (C=O) groups excluding carboxylic acids is 3. The van der Waals surface area contributed by atoms with Crippen LogP contribution in [-0.2, 0) is 28.6 Å². The van der Waals surface area contributed by atoms with Crippen LogP contribution in [0.15, 0.2) is 24.3 Å². The minimum atomic E-state index is -0.426. The third-order valence-corrected chi connectivity index (χ3v) is 8.72. The lowest BCUT2D eigenvalue weighted by atomic mass is 9.96. The maximum absolute atomic E-state index is 12.2. The van der Waals surface area contributed by atoms with Gasteiger partial charge in [-0.15, -0.1) is 0 Å². The molecule has 0 aromatic heterocycles. The molecule has 280 valence electrons. The van der Waals surface area contributed by atoms with Crippen LogP contribution in [0, 0.1) is 11.8 Å². The van der Waals surface area contributed by atoms with Crippen molar-refractivity contribution >= 4 is 17.9 Å². The average Bonchev–Trinajstić information content (AvgIpc) is 3.09. The van der Waals surface area contributed by atoms with E-state index in [1.54, 1.807) is 0 Å². The Morgan fingerprint density at radius 2 is 0.875 bits per heavy atom. The molecule has 7 nitrogen and oxygen atoms in total. The quantitative estimate of drug-likeness (QED) is 0.0308. The highest BCUT2D eigenvalue weighted by Gasteiger charge is 2.15. The molecule has 0 aliphatic heterocycles. The first-order valence-corrected chi connectivity index (χ1v) is 19.8. The molecule has 0 amide bonds. The highest BCUT2D eigenvalue weighted by atomic mass is 16.5. The zero-order valence-corrected chi connectivity index (χ0v) is 31.4. The van der Waals surface area contributed by atoms with Gasteiger partial charge in [-0.2, -0.15) is 0 Å². The fraction of sp³-hybridized carbons (Fsp3) is 0.829. The Bertz CT molecular complexity index is 807. The Balaban J connectivity index is 3.83. The Kier molecular flexibility index (Phi) is 34.5. The van der Waals surface area contributed by atoms with Crippen LogP contribution in [-0.4, -0.2) is 49.4 Å². The van der Waals surface area contributed by atoms with Crippen molar-refractivity contribution in [2.24, 2.45) is 11.8 Å². The number of carbonyl (C=O) groups is 3. The van der Waals surface area contributed by atoms with Gasteiger partial charge < -0.3 is 19.3 Å². The molecule has 1 N–H and O–H groups in total. The van der Waals surface area contributed by atoms with E-state index in [1.165, 1.54) is 64.2 Å². The molecule has 0 aromatic rings. The molecule has 0 saturated heterocycles. The Morgan fingerprint density at radius 1 is 0.479 bits per heavy atom. The number of ether oxygens (including phenoxy) is 3. The Labute approximate surface area is 295 Å². The summed E-state index contributed by atoms with van der Waals surface area (Å²) in [6.45, 7) is 7.01. The molecule has 48 heavy (non-hydrogen) atoms. The zero-order chi connectivity index (χ0) is 35.3. The number of aliphatic hydroxyl groups excluding tert-OH is 1. The van der Waals surface area contributed by atoms with Crippen molar-refractivity contribution in [2.45, 2.75) is 181 Å². The SMILES string of the molecule is CCCCC/C=C\C/C=C\CCCCCCCC(=O)OCC(CO)COC(=O)CCCCCC(=O)OCC(CCCC)CCCCCC. The van der Waals surface area contributed by atoms with Crippen molar-refractivity contribution in [3.8, 4) is 0 Å². The van der Waals surface area contributed by atoms with Gasteiger partial charge >= 0.3 is 17.9 Å². The summed E-state index contributed by atoms with van der Waals surface area (Å²) >= 11 is 0. The van der Waals surface area contributed by atoms with E-state index in [1.807, 2.05) is 0 Å². The first-order chi connectivity index (χ1) is 23.5. The van der Waals surface area contributed by atoms with Crippen molar-refractivity contribution in [1.29, 1.82) is 0 Å². The second-order valence-electron chi connectivity index (χ2n) is 13.5. The minimum Gasteiger partial charge on any atom is -0.465 e. The molecule has 0 bridgehead atoms. The highest BCUT2D eigenvalue weighted by molar-refractivity contribution is 5.70. The van der Waals surface area contributed by atoms with Gasteiger partial charge in [0, 0.05) is 19.3 Å². The normalized spacial score (nSPS) is 12.8. The molecule has 0 heterocycles. The molecule has 2 atom stereocenters. The van der Waals surface area contributed by atoms with E-state index in [0.29, 0.717) is 38.2 Å². The molecule has 0 rings (SSSR count). The van der Waals surface area contributed by atoms with Gasteiger partial charge in [0.05, 0.1) is 32.3 Å². The highest BCUT2D eigenvalue weighted by Crippen LogP contribution is 2.18. The number of hydrogen-bond acceptors (Lipinski definition) is 7. The molecule has 0 fully saturated rings. The first-order valence-electron chi connectivity index (χ1n) is 19.8. The van der Waals surface area contributed by atoms with Crippen LogP contribution in [0.25, 0.3) is 0 Å². The van der Waals surface area contributed by atoms with Gasteiger partial charge in [0.15, 0.2) is 0 Å². The Morgan fingerprint density at radius 3 is 1.40 bits per heavy atom. The van der Waals surface area contributed by atoms with Gasteiger partial charge in [-0.05, 0) is 70.1 Å². The summed E-state index contributed by atoms with van der Waals surface area (Å²) in [6, 6.07) is 0. The van der Waals surface area contributed by atoms with Gasteiger partial charge in [0.2, 0.25) is 0 Å². The fourth-order valence-corrected chi connectivity index (χ4v) is 5.46. The smallest absolute Gasteiger partial charge is 0.305 e. The molecule has 7 heteroatoms. The third-order valence-electron chi connectivity index (χ3n) is 8.72. The number of unbranched alkanes of at least 4 members (excludes halogenated alkanes) is 14. The lowest BCUT2D eigenvalue weighted by Crippen LogP contribution is -2.23. The zero-order valence-electron chi connectivity index (χ0n) is 31.4.